The fourth-order valence-electron chi connectivity index (χ4n) is 1.55. The Balaban J connectivity index is 1.79. The number of aliphatic hydroxyl groups excluding tert-OH is 1. The standard InChI is InChI=1S/C11H16N2O3/c14-7-9-5-12-10(13-6-9)8-16-11-3-1-2-4-15-11/h5-6,11,14H,1-4,7-8H2. The number of nitrogens with zero attached hydrogens (tertiary/aromatic N) is 2. The number of hydrogen-bond donors (Lipinski definition) is 1. The first-order valence-electron chi connectivity index (χ1n) is 5.52. The summed E-state index contributed by atoms with van der Waals surface area (Å²) in [4.78, 5) is 8.16. The lowest BCUT2D eigenvalue weighted by atomic mass is 10.2. The number of aliphatic hydroxyl groups is 1. The van der Waals surface area contributed by atoms with Crippen molar-refractivity contribution in [1.29, 1.82) is 0 Å². The van der Waals surface area contributed by atoms with Crippen LogP contribution >= 0.6 is 0 Å². The van der Waals surface area contributed by atoms with E-state index in [1.165, 1.54) is 0 Å². The molecule has 0 radical (unpaired) electrons. The minimum Gasteiger partial charge on any atom is -0.392 e. The van der Waals surface area contributed by atoms with Gasteiger partial charge in [0, 0.05) is 24.6 Å². The fourth-order valence-corrected chi connectivity index (χ4v) is 1.55. The average Bonchev–Trinajstić information content (AvgIpc) is 2.38. The van der Waals surface area contributed by atoms with Crippen LogP contribution in [-0.4, -0.2) is 28.0 Å². The van der Waals surface area contributed by atoms with Crippen molar-refractivity contribution in [2.45, 2.75) is 38.8 Å². The first-order valence-corrected chi connectivity index (χ1v) is 5.52. The summed E-state index contributed by atoms with van der Waals surface area (Å²) in [6.45, 7) is 1.10. The van der Waals surface area contributed by atoms with Gasteiger partial charge in [0.2, 0.25) is 0 Å². The van der Waals surface area contributed by atoms with E-state index in [9.17, 15) is 0 Å². The summed E-state index contributed by atoms with van der Waals surface area (Å²) >= 11 is 0. The van der Waals surface area contributed by atoms with Crippen LogP contribution in [0.2, 0.25) is 0 Å². The van der Waals surface area contributed by atoms with E-state index >= 15 is 0 Å². The molecule has 1 saturated heterocycles. The van der Waals surface area contributed by atoms with Gasteiger partial charge in [-0.05, 0) is 19.3 Å². The molecule has 1 aromatic rings. The molecule has 0 spiro atoms. The van der Waals surface area contributed by atoms with E-state index in [4.69, 9.17) is 14.6 Å². The van der Waals surface area contributed by atoms with Gasteiger partial charge in [-0.15, -0.1) is 0 Å². The predicted octanol–water partition coefficient (Wildman–Crippen LogP) is 1.01. The summed E-state index contributed by atoms with van der Waals surface area (Å²) in [5, 5.41) is 8.83. The predicted molar refractivity (Wildman–Crippen MR) is 56.3 cm³/mol. The van der Waals surface area contributed by atoms with E-state index < -0.39 is 0 Å². The lowest BCUT2D eigenvalue weighted by Crippen LogP contribution is -2.22. The maximum absolute atomic E-state index is 8.83. The molecule has 1 aliphatic rings. The summed E-state index contributed by atoms with van der Waals surface area (Å²) in [7, 11) is 0. The second-order valence-corrected chi connectivity index (χ2v) is 3.77. The van der Waals surface area contributed by atoms with Crippen LogP contribution in [0.1, 0.15) is 30.7 Å². The van der Waals surface area contributed by atoms with Crippen molar-refractivity contribution < 1.29 is 14.6 Å². The Morgan fingerprint density at radius 1 is 1.38 bits per heavy atom. The van der Waals surface area contributed by atoms with Gasteiger partial charge >= 0.3 is 0 Å². The van der Waals surface area contributed by atoms with Gasteiger partial charge in [-0.3, -0.25) is 0 Å². The smallest absolute Gasteiger partial charge is 0.158 e. The average molecular weight is 224 g/mol. The molecule has 0 amide bonds. The molecule has 0 aliphatic carbocycles. The van der Waals surface area contributed by atoms with Crippen LogP contribution in [0.15, 0.2) is 12.4 Å². The molecule has 88 valence electrons. The topological polar surface area (TPSA) is 64.5 Å². The molecular weight excluding hydrogens is 208 g/mol. The lowest BCUT2D eigenvalue weighted by Gasteiger charge is -2.22. The van der Waals surface area contributed by atoms with Crippen molar-refractivity contribution in [2.24, 2.45) is 0 Å². The van der Waals surface area contributed by atoms with Crippen molar-refractivity contribution in [1.82, 2.24) is 9.97 Å². The number of ether oxygens (including phenoxy) is 2. The van der Waals surface area contributed by atoms with Crippen molar-refractivity contribution >= 4 is 0 Å². The summed E-state index contributed by atoms with van der Waals surface area (Å²) in [6, 6.07) is 0. The highest BCUT2D eigenvalue weighted by Crippen LogP contribution is 2.14. The molecule has 1 unspecified atom stereocenters. The molecular formula is C11H16N2O3. The van der Waals surface area contributed by atoms with Gasteiger partial charge in [-0.2, -0.15) is 0 Å². The van der Waals surface area contributed by atoms with E-state index in [1.54, 1.807) is 12.4 Å². The number of hydrogen-bond acceptors (Lipinski definition) is 5. The van der Waals surface area contributed by atoms with Gasteiger partial charge in [0.25, 0.3) is 0 Å². The van der Waals surface area contributed by atoms with Crippen LogP contribution < -0.4 is 0 Å². The zero-order valence-electron chi connectivity index (χ0n) is 9.13. The number of aromatic nitrogens is 2. The summed E-state index contributed by atoms with van der Waals surface area (Å²) in [5.74, 6) is 0.617. The summed E-state index contributed by atoms with van der Waals surface area (Å²) in [6.07, 6.45) is 6.29. The Hall–Kier alpha value is -1.04. The number of rotatable bonds is 4. The zero-order chi connectivity index (χ0) is 11.2. The van der Waals surface area contributed by atoms with E-state index in [-0.39, 0.29) is 12.9 Å². The third kappa shape index (κ3) is 3.23. The Kier molecular flexibility index (Phi) is 4.21. The monoisotopic (exact) mass is 224 g/mol. The highest BCUT2D eigenvalue weighted by atomic mass is 16.7. The van der Waals surface area contributed by atoms with Crippen LogP contribution in [-0.2, 0) is 22.7 Å². The van der Waals surface area contributed by atoms with E-state index in [0.717, 1.165) is 25.9 Å². The molecule has 1 N–H and O–H groups in total. The van der Waals surface area contributed by atoms with Crippen molar-refractivity contribution in [2.75, 3.05) is 6.61 Å². The minimum absolute atomic E-state index is 0.0348. The maximum atomic E-state index is 8.83. The van der Waals surface area contributed by atoms with Crippen LogP contribution in [0.25, 0.3) is 0 Å². The zero-order valence-corrected chi connectivity index (χ0v) is 9.13. The largest absolute Gasteiger partial charge is 0.392 e. The molecule has 16 heavy (non-hydrogen) atoms. The minimum atomic E-state index is -0.116. The van der Waals surface area contributed by atoms with Gasteiger partial charge in [-0.25, -0.2) is 9.97 Å². The Bertz CT molecular complexity index is 310. The third-order valence-corrected chi connectivity index (χ3v) is 2.48. The van der Waals surface area contributed by atoms with Crippen molar-refractivity contribution in [3.05, 3.63) is 23.8 Å². The van der Waals surface area contributed by atoms with Gasteiger partial charge < -0.3 is 14.6 Å². The Morgan fingerprint density at radius 2 is 2.19 bits per heavy atom. The molecule has 5 heteroatoms. The normalized spacial score (nSPS) is 20.9. The van der Waals surface area contributed by atoms with Crippen LogP contribution in [0, 0.1) is 0 Å². The second kappa shape index (κ2) is 5.89. The van der Waals surface area contributed by atoms with Gasteiger partial charge in [0.05, 0.1) is 6.61 Å². The van der Waals surface area contributed by atoms with Gasteiger partial charge in [0.1, 0.15) is 6.61 Å². The second-order valence-electron chi connectivity index (χ2n) is 3.77. The third-order valence-electron chi connectivity index (χ3n) is 2.48. The molecule has 2 rings (SSSR count). The van der Waals surface area contributed by atoms with E-state index in [2.05, 4.69) is 9.97 Å². The van der Waals surface area contributed by atoms with E-state index in [0.29, 0.717) is 18.0 Å². The first-order chi connectivity index (χ1) is 7.88. The highest BCUT2D eigenvalue weighted by Gasteiger charge is 2.14. The van der Waals surface area contributed by atoms with Crippen molar-refractivity contribution in [3.63, 3.8) is 0 Å². The highest BCUT2D eigenvalue weighted by molar-refractivity contribution is 5.02. The Morgan fingerprint density at radius 3 is 2.81 bits per heavy atom. The molecule has 1 fully saturated rings. The quantitative estimate of drug-likeness (QED) is 0.827. The summed E-state index contributed by atoms with van der Waals surface area (Å²) in [5.41, 5.74) is 0.706. The fraction of sp³-hybridized carbons (Fsp3) is 0.636. The first kappa shape index (κ1) is 11.4. The maximum Gasteiger partial charge on any atom is 0.158 e. The molecule has 1 aromatic heterocycles. The molecule has 0 aromatic carbocycles. The molecule has 1 atom stereocenters. The molecule has 0 bridgehead atoms. The molecule has 0 saturated carbocycles. The van der Waals surface area contributed by atoms with Crippen LogP contribution in [0.3, 0.4) is 0 Å². The molecule has 1 aliphatic heterocycles. The van der Waals surface area contributed by atoms with Gasteiger partial charge in [0.15, 0.2) is 12.1 Å². The molecule has 2 heterocycles. The van der Waals surface area contributed by atoms with Crippen LogP contribution in [0.5, 0.6) is 0 Å². The van der Waals surface area contributed by atoms with Crippen molar-refractivity contribution in [3.8, 4) is 0 Å². The molecule has 5 nitrogen and oxygen atoms in total. The van der Waals surface area contributed by atoms with Gasteiger partial charge in [-0.1, -0.05) is 0 Å². The summed E-state index contributed by atoms with van der Waals surface area (Å²) < 4.78 is 11.0. The van der Waals surface area contributed by atoms with E-state index in [1.807, 2.05) is 0 Å². The lowest BCUT2D eigenvalue weighted by molar-refractivity contribution is -0.170. The Labute approximate surface area is 94.4 Å². The van der Waals surface area contributed by atoms with Crippen LogP contribution in [0.4, 0.5) is 0 Å². The SMILES string of the molecule is OCc1cnc(COC2CCCCO2)nc1.